The van der Waals surface area contributed by atoms with Crippen LogP contribution in [0.2, 0.25) is 0 Å². The zero-order chi connectivity index (χ0) is 20.0. The van der Waals surface area contributed by atoms with E-state index >= 15 is 0 Å². The van der Waals surface area contributed by atoms with Gasteiger partial charge in [0, 0.05) is 16.8 Å². The summed E-state index contributed by atoms with van der Waals surface area (Å²) >= 11 is 0. The van der Waals surface area contributed by atoms with Crippen molar-refractivity contribution in [1.29, 1.82) is 0 Å². The molecule has 0 heterocycles. The number of amides is 2. The highest BCUT2D eigenvalue weighted by molar-refractivity contribution is 5.98. The van der Waals surface area contributed by atoms with E-state index in [0.29, 0.717) is 11.3 Å². The first kappa shape index (κ1) is 20.9. The average Bonchev–Trinajstić information content (AvgIpc) is 2.61. The van der Waals surface area contributed by atoms with Gasteiger partial charge >= 0.3 is 5.97 Å². The predicted molar refractivity (Wildman–Crippen MR) is 103 cm³/mol. The van der Waals surface area contributed by atoms with Crippen LogP contribution in [0.1, 0.15) is 56.8 Å². The van der Waals surface area contributed by atoms with Crippen LogP contribution >= 0.6 is 0 Å². The molecule has 27 heavy (non-hydrogen) atoms. The van der Waals surface area contributed by atoms with Crippen LogP contribution < -0.4 is 16.4 Å². The summed E-state index contributed by atoms with van der Waals surface area (Å²) in [6.45, 7) is 5.46. The van der Waals surface area contributed by atoms with E-state index in [-0.39, 0.29) is 24.3 Å². The average molecular weight is 375 g/mol. The molecule has 0 bridgehead atoms. The summed E-state index contributed by atoms with van der Waals surface area (Å²) in [6, 6.07) is 5.80. The minimum absolute atomic E-state index is 0.0900. The molecule has 0 aliphatic heterocycles. The van der Waals surface area contributed by atoms with Crippen LogP contribution in [0.3, 0.4) is 0 Å². The Kier molecular flexibility index (Phi) is 6.96. The molecule has 2 amide bonds. The Morgan fingerprint density at radius 1 is 1.26 bits per heavy atom. The van der Waals surface area contributed by atoms with Gasteiger partial charge < -0.3 is 21.1 Å². The summed E-state index contributed by atoms with van der Waals surface area (Å²) in [7, 11) is 0. The standard InChI is InChI=1S/C20H29N3O4/c1-4-27-19(26)13(2)22-17(24)14-8-10-15(11-9-14)23-18(25)16-7-5-6-12-20(16,3)21/h8-11,13,16H,4-7,12,21H2,1-3H3,(H,22,24)(H,23,25). The van der Waals surface area contributed by atoms with Gasteiger partial charge in [-0.25, -0.2) is 4.79 Å². The lowest BCUT2D eigenvalue weighted by Gasteiger charge is -2.37. The number of nitrogens with two attached hydrogens (primary N) is 1. The van der Waals surface area contributed by atoms with Crippen molar-refractivity contribution >= 4 is 23.5 Å². The van der Waals surface area contributed by atoms with Gasteiger partial charge in [-0.3, -0.25) is 9.59 Å². The fourth-order valence-corrected chi connectivity index (χ4v) is 3.33. The van der Waals surface area contributed by atoms with Gasteiger partial charge in [0.1, 0.15) is 6.04 Å². The van der Waals surface area contributed by atoms with Crippen molar-refractivity contribution in [2.75, 3.05) is 11.9 Å². The quantitative estimate of drug-likeness (QED) is 0.660. The Morgan fingerprint density at radius 2 is 1.93 bits per heavy atom. The number of esters is 1. The summed E-state index contributed by atoms with van der Waals surface area (Å²) in [4.78, 5) is 36.4. The fourth-order valence-electron chi connectivity index (χ4n) is 3.33. The number of carbonyl (C=O) groups excluding carboxylic acids is 3. The molecule has 1 aromatic rings. The van der Waals surface area contributed by atoms with Crippen molar-refractivity contribution < 1.29 is 19.1 Å². The Balaban J connectivity index is 1.95. The monoisotopic (exact) mass is 375 g/mol. The topological polar surface area (TPSA) is 111 Å². The van der Waals surface area contributed by atoms with E-state index < -0.39 is 17.6 Å². The van der Waals surface area contributed by atoms with E-state index in [2.05, 4.69) is 10.6 Å². The summed E-state index contributed by atoms with van der Waals surface area (Å²) in [5.74, 6) is -1.17. The Labute approximate surface area is 160 Å². The zero-order valence-electron chi connectivity index (χ0n) is 16.2. The van der Waals surface area contributed by atoms with Crippen molar-refractivity contribution in [3.8, 4) is 0 Å². The molecule has 1 aliphatic rings. The van der Waals surface area contributed by atoms with Gasteiger partial charge in [0.2, 0.25) is 5.91 Å². The first-order valence-corrected chi connectivity index (χ1v) is 9.42. The molecule has 1 aromatic carbocycles. The molecule has 3 unspecified atom stereocenters. The van der Waals surface area contributed by atoms with Crippen LogP contribution in [0.15, 0.2) is 24.3 Å². The van der Waals surface area contributed by atoms with E-state index in [1.807, 2.05) is 6.92 Å². The number of benzene rings is 1. The second-order valence-electron chi connectivity index (χ2n) is 7.32. The molecular weight excluding hydrogens is 346 g/mol. The third-order valence-corrected chi connectivity index (χ3v) is 4.97. The highest BCUT2D eigenvalue weighted by Crippen LogP contribution is 2.32. The van der Waals surface area contributed by atoms with E-state index in [1.165, 1.54) is 0 Å². The third-order valence-electron chi connectivity index (χ3n) is 4.97. The molecule has 1 saturated carbocycles. The van der Waals surface area contributed by atoms with Crippen LogP contribution in [-0.4, -0.2) is 36.0 Å². The lowest BCUT2D eigenvalue weighted by molar-refractivity contribution is -0.144. The maximum Gasteiger partial charge on any atom is 0.328 e. The van der Waals surface area contributed by atoms with Gasteiger partial charge in [-0.05, 0) is 57.9 Å². The van der Waals surface area contributed by atoms with E-state index in [1.54, 1.807) is 38.1 Å². The van der Waals surface area contributed by atoms with Crippen molar-refractivity contribution in [3.63, 3.8) is 0 Å². The highest BCUT2D eigenvalue weighted by Gasteiger charge is 2.37. The molecule has 1 fully saturated rings. The Bertz CT molecular complexity index is 685. The molecule has 1 aliphatic carbocycles. The molecule has 0 aromatic heterocycles. The smallest absolute Gasteiger partial charge is 0.328 e. The molecule has 2 rings (SSSR count). The van der Waals surface area contributed by atoms with E-state index in [0.717, 1.165) is 25.7 Å². The number of hydrogen-bond acceptors (Lipinski definition) is 5. The third kappa shape index (κ3) is 5.53. The summed E-state index contributed by atoms with van der Waals surface area (Å²) in [5.41, 5.74) is 6.79. The van der Waals surface area contributed by atoms with Gasteiger partial charge in [-0.2, -0.15) is 0 Å². The normalized spacial score (nSPS) is 23.2. The van der Waals surface area contributed by atoms with E-state index in [9.17, 15) is 14.4 Å². The van der Waals surface area contributed by atoms with Gasteiger partial charge in [0.15, 0.2) is 0 Å². The molecule has 3 atom stereocenters. The van der Waals surface area contributed by atoms with Crippen LogP contribution in [-0.2, 0) is 14.3 Å². The van der Waals surface area contributed by atoms with Crippen molar-refractivity contribution in [1.82, 2.24) is 5.32 Å². The minimum atomic E-state index is -0.731. The maximum atomic E-state index is 12.6. The van der Waals surface area contributed by atoms with Crippen molar-refractivity contribution in [3.05, 3.63) is 29.8 Å². The number of hydrogen-bond donors (Lipinski definition) is 3. The number of carbonyl (C=O) groups is 3. The molecule has 148 valence electrons. The Hall–Kier alpha value is -2.41. The van der Waals surface area contributed by atoms with E-state index in [4.69, 9.17) is 10.5 Å². The van der Waals surface area contributed by atoms with Gasteiger partial charge in [0.05, 0.1) is 12.5 Å². The van der Waals surface area contributed by atoms with Gasteiger partial charge in [0.25, 0.3) is 5.91 Å². The van der Waals surface area contributed by atoms with Gasteiger partial charge in [-0.15, -0.1) is 0 Å². The summed E-state index contributed by atoms with van der Waals surface area (Å²) in [5, 5.41) is 5.47. The summed E-state index contributed by atoms with van der Waals surface area (Å²) in [6.07, 6.45) is 3.67. The fraction of sp³-hybridized carbons (Fsp3) is 0.550. The number of anilines is 1. The second kappa shape index (κ2) is 8.99. The molecule has 7 nitrogen and oxygen atoms in total. The molecular formula is C20H29N3O4. The highest BCUT2D eigenvalue weighted by atomic mass is 16.5. The zero-order valence-corrected chi connectivity index (χ0v) is 16.2. The predicted octanol–water partition coefficient (Wildman–Crippen LogP) is 2.21. The largest absolute Gasteiger partial charge is 0.464 e. The Morgan fingerprint density at radius 3 is 2.52 bits per heavy atom. The maximum absolute atomic E-state index is 12.6. The molecule has 7 heteroatoms. The SMILES string of the molecule is CCOC(=O)C(C)NC(=O)c1ccc(NC(=O)C2CCCCC2(C)N)cc1. The minimum Gasteiger partial charge on any atom is -0.464 e. The lowest BCUT2D eigenvalue weighted by atomic mass is 9.74. The number of ether oxygens (including phenoxy) is 1. The van der Waals surface area contributed by atoms with Crippen molar-refractivity contribution in [2.24, 2.45) is 11.7 Å². The number of rotatable bonds is 6. The van der Waals surface area contributed by atoms with Crippen LogP contribution in [0.4, 0.5) is 5.69 Å². The lowest BCUT2D eigenvalue weighted by Crippen LogP contribution is -2.51. The molecule has 0 radical (unpaired) electrons. The molecule has 0 spiro atoms. The first-order valence-electron chi connectivity index (χ1n) is 9.42. The number of nitrogens with one attached hydrogen (secondary N) is 2. The first-order chi connectivity index (χ1) is 12.7. The molecule has 0 saturated heterocycles. The van der Waals surface area contributed by atoms with Crippen LogP contribution in [0, 0.1) is 5.92 Å². The van der Waals surface area contributed by atoms with Crippen LogP contribution in [0.25, 0.3) is 0 Å². The van der Waals surface area contributed by atoms with Crippen molar-refractivity contribution in [2.45, 2.75) is 58.0 Å². The summed E-state index contributed by atoms with van der Waals surface area (Å²) < 4.78 is 4.87. The van der Waals surface area contributed by atoms with Crippen LogP contribution in [0.5, 0.6) is 0 Å². The van der Waals surface area contributed by atoms with Gasteiger partial charge in [-0.1, -0.05) is 12.8 Å². The second-order valence-corrected chi connectivity index (χ2v) is 7.32. The molecule has 4 N–H and O–H groups in total.